The molecule has 2 aliphatic carbocycles. The standard InChI is InChI=1S/C21H21N5O2/c22-18(27)14-10-21(14)13-9-11(5-6-16(13)23-19(21)28)17-12-3-1-4-15(12)24-20(25-17)26-7-2-8-26/h5-6,9,14H,1-4,7-8,10H2,(H2,22,27)(H,23,28). The van der Waals surface area contributed by atoms with Gasteiger partial charge in [-0.25, -0.2) is 9.97 Å². The Balaban J connectivity index is 1.48. The van der Waals surface area contributed by atoms with Crippen molar-refractivity contribution in [2.24, 2.45) is 11.7 Å². The normalized spacial score (nSPS) is 26.6. The van der Waals surface area contributed by atoms with Crippen molar-refractivity contribution in [1.82, 2.24) is 9.97 Å². The average molecular weight is 375 g/mol. The first-order valence-electron chi connectivity index (χ1n) is 9.98. The van der Waals surface area contributed by atoms with Crippen LogP contribution in [0.15, 0.2) is 18.2 Å². The van der Waals surface area contributed by atoms with Crippen molar-refractivity contribution in [2.45, 2.75) is 37.5 Å². The molecule has 4 aliphatic rings. The number of anilines is 2. The summed E-state index contributed by atoms with van der Waals surface area (Å²) in [5.74, 6) is -0.126. The number of fused-ring (bicyclic) bond motifs is 3. The molecule has 1 saturated carbocycles. The second kappa shape index (κ2) is 5.31. The molecular weight excluding hydrogens is 354 g/mol. The number of aromatic nitrogens is 2. The summed E-state index contributed by atoms with van der Waals surface area (Å²) in [7, 11) is 0. The maximum Gasteiger partial charge on any atom is 0.235 e. The van der Waals surface area contributed by atoms with Crippen molar-refractivity contribution in [1.29, 1.82) is 0 Å². The molecule has 0 bridgehead atoms. The molecule has 7 heteroatoms. The molecule has 1 aromatic carbocycles. The zero-order valence-corrected chi connectivity index (χ0v) is 15.5. The fourth-order valence-corrected chi connectivity index (χ4v) is 5.00. The van der Waals surface area contributed by atoms with E-state index in [1.165, 1.54) is 12.0 Å². The summed E-state index contributed by atoms with van der Waals surface area (Å²) in [4.78, 5) is 36.3. The van der Waals surface area contributed by atoms with Gasteiger partial charge in [0.25, 0.3) is 0 Å². The van der Waals surface area contributed by atoms with Gasteiger partial charge in [0.05, 0.1) is 17.0 Å². The first kappa shape index (κ1) is 16.0. The van der Waals surface area contributed by atoms with Gasteiger partial charge < -0.3 is 16.0 Å². The number of nitrogens with zero attached hydrogens (tertiary/aromatic N) is 3. The van der Waals surface area contributed by atoms with Crippen LogP contribution < -0.4 is 16.0 Å². The maximum absolute atomic E-state index is 12.6. The van der Waals surface area contributed by atoms with Crippen LogP contribution >= 0.6 is 0 Å². The Morgan fingerprint density at radius 1 is 1.21 bits per heavy atom. The molecule has 28 heavy (non-hydrogen) atoms. The third-order valence-corrected chi connectivity index (χ3v) is 6.79. The van der Waals surface area contributed by atoms with E-state index in [4.69, 9.17) is 15.7 Å². The van der Waals surface area contributed by atoms with Crippen LogP contribution in [0, 0.1) is 5.92 Å². The van der Waals surface area contributed by atoms with Gasteiger partial charge in [0.15, 0.2) is 0 Å². The van der Waals surface area contributed by atoms with Gasteiger partial charge in [-0.1, -0.05) is 6.07 Å². The number of hydrogen-bond acceptors (Lipinski definition) is 5. The van der Waals surface area contributed by atoms with Crippen molar-refractivity contribution in [3.05, 3.63) is 35.0 Å². The van der Waals surface area contributed by atoms with Crippen molar-refractivity contribution in [3.63, 3.8) is 0 Å². The maximum atomic E-state index is 12.6. The SMILES string of the molecule is NC(=O)C1CC12C(=O)Nc1ccc(-c3nc(N4CCC4)nc4c3CCC4)cc12. The highest BCUT2D eigenvalue weighted by Gasteiger charge is 2.67. The summed E-state index contributed by atoms with van der Waals surface area (Å²) >= 11 is 0. The minimum atomic E-state index is -0.784. The summed E-state index contributed by atoms with van der Waals surface area (Å²) < 4.78 is 0. The van der Waals surface area contributed by atoms with Crippen molar-refractivity contribution < 1.29 is 9.59 Å². The number of carbonyl (C=O) groups is 2. The molecule has 1 aromatic heterocycles. The molecule has 2 aromatic rings. The Kier molecular flexibility index (Phi) is 3.04. The summed E-state index contributed by atoms with van der Waals surface area (Å²) in [6.07, 6.45) is 4.74. The summed E-state index contributed by atoms with van der Waals surface area (Å²) in [5.41, 5.74) is 10.7. The first-order chi connectivity index (χ1) is 13.6. The van der Waals surface area contributed by atoms with Gasteiger partial charge in [0.1, 0.15) is 0 Å². The molecule has 6 rings (SSSR count). The van der Waals surface area contributed by atoms with Gasteiger partial charge in [0.2, 0.25) is 17.8 Å². The summed E-state index contributed by atoms with van der Waals surface area (Å²) in [6, 6.07) is 5.98. The zero-order chi connectivity index (χ0) is 19.0. The highest BCUT2D eigenvalue weighted by molar-refractivity contribution is 6.13. The fraction of sp³-hybridized carbons (Fsp3) is 0.429. The predicted octanol–water partition coefficient (Wildman–Crippen LogP) is 1.54. The molecule has 3 heterocycles. The molecule has 0 radical (unpaired) electrons. The van der Waals surface area contributed by atoms with E-state index in [1.807, 2.05) is 18.2 Å². The van der Waals surface area contributed by atoms with Crippen LogP contribution in [0.25, 0.3) is 11.3 Å². The molecule has 7 nitrogen and oxygen atoms in total. The lowest BCUT2D eigenvalue weighted by molar-refractivity contribution is -0.123. The molecule has 3 N–H and O–H groups in total. The number of carbonyl (C=O) groups excluding carboxylic acids is 2. The molecule has 2 aliphatic heterocycles. The predicted molar refractivity (Wildman–Crippen MR) is 104 cm³/mol. The lowest BCUT2D eigenvalue weighted by atomic mass is 9.91. The Morgan fingerprint density at radius 3 is 2.79 bits per heavy atom. The first-order valence-corrected chi connectivity index (χ1v) is 9.98. The van der Waals surface area contributed by atoms with Gasteiger partial charge in [-0.15, -0.1) is 0 Å². The topological polar surface area (TPSA) is 101 Å². The van der Waals surface area contributed by atoms with Gasteiger partial charge in [0, 0.05) is 35.6 Å². The van der Waals surface area contributed by atoms with Crippen LogP contribution in [0.1, 0.15) is 36.1 Å². The van der Waals surface area contributed by atoms with E-state index in [0.717, 1.165) is 66.5 Å². The van der Waals surface area contributed by atoms with Gasteiger partial charge in [-0.3, -0.25) is 9.59 Å². The third-order valence-electron chi connectivity index (χ3n) is 6.79. The van der Waals surface area contributed by atoms with E-state index >= 15 is 0 Å². The number of nitrogens with one attached hydrogen (secondary N) is 1. The number of benzene rings is 1. The summed E-state index contributed by atoms with van der Waals surface area (Å²) in [6.45, 7) is 2.01. The Labute approximate surface area is 162 Å². The average Bonchev–Trinajstić information content (AvgIpc) is 3.12. The van der Waals surface area contributed by atoms with Crippen LogP contribution in [0.4, 0.5) is 11.6 Å². The monoisotopic (exact) mass is 375 g/mol. The quantitative estimate of drug-likeness (QED) is 0.847. The van der Waals surface area contributed by atoms with E-state index in [1.54, 1.807) is 0 Å². The smallest absolute Gasteiger partial charge is 0.235 e. The second-order valence-corrected chi connectivity index (χ2v) is 8.34. The number of hydrogen-bond donors (Lipinski definition) is 2. The molecule has 142 valence electrons. The molecule has 2 unspecified atom stereocenters. The van der Waals surface area contributed by atoms with Gasteiger partial charge >= 0.3 is 0 Å². The van der Waals surface area contributed by atoms with Crippen LogP contribution in [-0.4, -0.2) is 34.9 Å². The second-order valence-electron chi connectivity index (χ2n) is 8.34. The summed E-state index contributed by atoms with van der Waals surface area (Å²) in [5, 5.41) is 2.93. The highest BCUT2D eigenvalue weighted by atomic mass is 16.2. The molecule has 2 fully saturated rings. The molecule has 2 amide bonds. The van der Waals surface area contributed by atoms with E-state index < -0.39 is 17.2 Å². The lowest BCUT2D eigenvalue weighted by Gasteiger charge is -2.31. The van der Waals surface area contributed by atoms with Crippen LogP contribution in [0.2, 0.25) is 0 Å². The Bertz CT molecular complexity index is 1060. The highest BCUT2D eigenvalue weighted by Crippen LogP contribution is 2.60. The Morgan fingerprint density at radius 2 is 2.07 bits per heavy atom. The number of primary amides is 1. The van der Waals surface area contributed by atoms with Crippen LogP contribution in [0.5, 0.6) is 0 Å². The van der Waals surface area contributed by atoms with Crippen LogP contribution in [-0.2, 0) is 27.8 Å². The minimum absolute atomic E-state index is 0.113. The molecule has 2 atom stereocenters. The largest absolute Gasteiger partial charge is 0.369 e. The van der Waals surface area contributed by atoms with Gasteiger partial charge in [-0.05, 0) is 49.8 Å². The third kappa shape index (κ3) is 1.99. The number of aryl methyl sites for hydroxylation is 1. The molecule has 1 saturated heterocycles. The van der Waals surface area contributed by atoms with Crippen molar-refractivity contribution in [3.8, 4) is 11.3 Å². The van der Waals surface area contributed by atoms with E-state index in [2.05, 4.69) is 10.2 Å². The fourth-order valence-electron chi connectivity index (χ4n) is 5.00. The molecule has 1 spiro atoms. The molecular formula is C21H21N5O2. The van der Waals surface area contributed by atoms with Gasteiger partial charge in [-0.2, -0.15) is 0 Å². The Hall–Kier alpha value is -2.96. The van der Waals surface area contributed by atoms with Crippen LogP contribution in [0.3, 0.4) is 0 Å². The minimum Gasteiger partial charge on any atom is -0.369 e. The van der Waals surface area contributed by atoms with E-state index in [0.29, 0.717) is 6.42 Å². The number of amides is 2. The van der Waals surface area contributed by atoms with Crippen molar-refractivity contribution >= 4 is 23.5 Å². The van der Waals surface area contributed by atoms with Crippen molar-refractivity contribution in [2.75, 3.05) is 23.3 Å². The lowest BCUT2D eigenvalue weighted by Crippen LogP contribution is -2.38. The zero-order valence-electron chi connectivity index (χ0n) is 15.5. The van der Waals surface area contributed by atoms with E-state index in [9.17, 15) is 9.59 Å². The van der Waals surface area contributed by atoms with E-state index in [-0.39, 0.29) is 5.91 Å². The number of nitrogens with two attached hydrogens (primary N) is 1. The number of rotatable bonds is 3.